The Morgan fingerprint density at radius 1 is 0.515 bits per heavy atom. The molecule has 0 aromatic carbocycles. The monoisotopic (exact) mass is 580 g/mol. The molecule has 0 spiro atoms. The molecule has 200 valence electrons. The van der Waals surface area contributed by atoms with Crippen LogP contribution in [-0.2, 0) is 9.47 Å². The predicted octanol–water partition coefficient (Wildman–Crippen LogP) is 10.5. The van der Waals surface area contributed by atoms with Crippen molar-refractivity contribution >= 4 is 22.6 Å². The minimum Gasteiger partial charge on any atom is -0.355 e. The van der Waals surface area contributed by atoms with Gasteiger partial charge in [-0.3, -0.25) is 0 Å². The lowest BCUT2D eigenvalue weighted by atomic mass is 9.82. The first-order valence-electron chi connectivity index (χ1n) is 14.5. The maximum absolute atomic E-state index is 5.69. The van der Waals surface area contributed by atoms with Gasteiger partial charge in [0.25, 0.3) is 0 Å². The number of unbranched alkanes of at least 4 members (excludes halogenated alkanes) is 6. The van der Waals surface area contributed by atoms with Gasteiger partial charge in [0, 0.05) is 17.1 Å². The molecule has 0 aliphatic heterocycles. The summed E-state index contributed by atoms with van der Waals surface area (Å²) >= 11 is 2.57. The molecule has 3 heteroatoms. The molecule has 0 saturated carbocycles. The Balaban J connectivity index is 3.62. The molecule has 6 atom stereocenters. The number of halogens is 1. The van der Waals surface area contributed by atoms with Crippen LogP contribution in [-0.4, -0.2) is 23.9 Å². The summed E-state index contributed by atoms with van der Waals surface area (Å²) in [5.41, 5.74) is 0. The molecule has 0 aromatic heterocycles. The second-order valence-electron chi connectivity index (χ2n) is 11.7. The van der Waals surface area contributed by atoms with Crippen LogP contribution in [0.4, 0.5) is 0 Å². The molecule has 0 aromatic rings. The van der Waals surface area contributed by atoms with Crippen molar-refractivity contribution < 1.29 is 9.47 Å². The Morgan fingerprint density at radius 3 is 1.45 bits per heavy atom. The molecular weight excluding hydrogens is 519 g/mol. The highest BCUT2D eigenvalue weighted by molar-refractivity contribution is 14.1. The SMILES string of the molecule is CCCCCCCCCOCOCCCC(C)CC(C)CC(C)CC(C)CC(C)CC(C)I. The van der Waals surface area contributed by atoms with Crippen molar-refractivity contribution in [3.8, 4) is 0 Å². The van der Waals surface area contributed by atoms with Gasteiger partial charge in [-0.15, -0.1) is 0 Å². The third-order valence-electron chi connectivity index (χ3n) is 6.99. The summed E-state index contributed by atoms with van der Waals surface area (Å²) in [4.78, 5) is 0. The molecule has 0 rings (SSSR count). The van der Waals surface area contributed by atoms with E-state index >= 15 is 0 Å². The van der Waals surface area contributed by atoms with Crippen molar-refractivity contribution in [2.75, 3.05) is 20.0 Å². The lowest BCUT2D eigenvalue weighted by molar-refractivity contribution is -0.0561. The van der Waals surface area contributed by atoms with Gasteiger partial charge < -0.3 is 9.47 Å². The number of alkyl halides is 1. The third-order valence-corrected chi connectivity index (χ3v) is 7.50. The number of hydrogen-bond donors (Lipinski definition) is 0. The normalized spacial score (nSPS) is 17.5. The summed E-state index contributed by atoms with van der Waals surface area (Å²) in [6.07, 6.45) is 18.7. The minimum atomic E-state index is 0.478. The summed E-state index contributed by atoms with van der Waals surface area (Å²) in [6, 6.07) is 0. The Morgan fingerprint density at radius 2 is 0.939 bits per heavy atom. The highest BCUT2D eigenvalue weighted by Crippen LogP contribution is 2.29. The lowest BCUT2D eigenvalue weighted by Crippen LogP contribution is -2.13. The first kappa shape index (κ1) is 33.7. The van der Waals surface area contributed by atoms with E-state index < -0.39 is 0 Å². The Bertz CT molecular complexity index is 401. The molecule has 6 unspecified atom stereocenters. The van der Waals surface area contributed by atoms with Gasteiger partial charge in [-0.2, -0.15) is 0 Å². The largest absolute Gasteiger partial charge is 0.355 e. The van der Waals surface area contributed by atoms with Gasteiger partial charge in [0.05, 0.1) is 0 Å². The smallest absolute Gasteiger partial charge is 0.146 e. The van der Waals surface area contributed by atoms with E-state index in [0.29, 0.717) is 6.79 Å². The van der Waals surface area contributed by atoms with E-state index in [1.54, 1.807) is 0 Å². The van der Waals surface area contributed by atoms with Crippen molar-refractivity contribution in [2.45, 2.75) is 142 Å². The van der Waals surface area contributed by atoms with Crippen molar-refractivity contribution in [2.24, 2.45) is 29.6 Å². The van der Waals surface area contributed by atoms with Gasteiger partial charge in [0.15, 0.2) is 0 Å². The van der Waals surface area contributed by atoms with E-state index in [1.165, 1.54) is 83.5 Å². The number of rotatable bonds is 24. The molecule has 0 heterocycles. The quantitative estimate of drug-likeness (QED) is 0.0489. The zero-order chi connectivity index (χ0) is 24.9. The molecule has 0 saturated heterocycles. The molecule has 0 radical (unpaired) electrons. The molecule has 0 amide bonds. The maximum Gasteiger partial charge on any atom is 0.146 e. The molecule has 0 aliphatic rings. The predicted molar refractivity (Wildman–Crippen MR) is 156 cm³/mol. The highest BCUT2D eigenvalue weighted by atomic mass is 127. The van der Waals surface area contributed by atoms with Crippen LogP contribution in [0.25, 0.3) is 0 Å². The van der Waals surface area contributed by atoms with Gasteiger partial charge in [-0.1, -0.05) is 110 Å². The second-order valence-corrected chi connectivity index (χ2v) is 13.8. The fourth-order valence-electron chi connectivity index (χ4n) is 5.68. The standard InChI is InChI=1S/C30H61IO2/c1-8-9-10-11-12-13-14-17-32-24-33-18-15-16-25(2)19-26(3)20-27(4)21-28(5)22-29(6)23-30(7)31/h25-30H,8-24H2,1-7H3. The molecule has 33 heavy (non-hydrogen) atoms. The van der Waals surface area contributed by atoms with E-state index in [-0.39, 0.29) is 0 Å². The van der Waals surface area contributed by atoms with Crippen molar-refractivity contribution in [1.82, 2.24) is 0 Å². The fraction of sp³-hybridized carbons (Fsp3) is 1.00. The van der Waals surface area contributed by atoms with Crippen LogP contribution in [0, 0.1) is 29.6 Å². The minimum absolute atomic E-state index is 0.478. The average molecular weight is 581 g/mol. The lowest BCUT2D eigenvalue weighted by Gasteiger charge is -2.24. The van der Waals surface area contributed by atoms with Crippen LogP contribution >= 0.6 is 22.6 Å². The van der Waals surface area contributed by atoms with Crippen LogP contribution in [0.3, 0.4) is 0 Å². The first-order chi connectivity index (χ1) is 15.7. The van der Waals surface area contributed by atoms with Gasteiger partial charge in [0.2, 0.25) is 0 Å². The van der Waals surface area contributed by atoms with Crippen molar-refractivity contribution in [3.05, 3.63) is 0 Å². The second kappa shape index (κ2) is 23.1. The van der Waals surface area contributed by atoms with Gasteiger partial charge in [0.1, 0.15) is 6.79 Å². The van der Waals surface area contributed by atoms with Crippen LogP contribution in [0.2, 0.25) is 0 Å². The van der Waals surface area contributed by atoms with Crippen molar-refractivity contribution in [1.29, 1.82) is 0 Å². The summed E-state index contributed by atoms with van der Waals surface area (Å²) < 4.78 is 12.1. The van der Waals surface area contributed by atoms with Gasteiger partial charge in [-0.05, 0) is 81.0 Å². The van der Waals surface area contributed by atoms with Crippen molar-refractivity contribution in [3.63, 3.8) is 0 Å². The highest BCUT2D eigenvalue weighted by Gasteiger charge is 2.17. The van der Waals surface area contributed by atoms with Crippen LogP contribution in [0.5, 0.6) is 0 Å². The molecule has 0 bridgehead atoms. The zero-order valence-corrected chi connectivity index (χ0v) is 25.8. The van der Waals surface area contributed by atoms with E-state index in [1.807, 2.05) is 0 Å². The fourth-order valence-corrected chi connectivity index (χ4v) is 6.54. The summed E-state index contributed by atoms with van der Waals surface area (Å²) in [5, 5.41) is 0. The van der Waals surface area contributed by atoms with E-state index in [9.17, 15) is 0 Å². The first-order valence-corrected chi connectivity index (χ1v) is 15.8. The van der Waals surface area contributed by atoms with Crippen LogP contribution in [0.1, 0.15) is 138 Å². The van der Waals surface area contributed by atoms with Gasteiger partial charge in [-0.25, -0.2) is 0 Å². The van der Waals surface area contributed by atoms with E-state index in [4.69, 9.17) is 9.47 Å². The van der Waals surface area contributed by atoms with E-state index in [0.717, 1.165) is 53.1 Å². The third kappa shape index (κ3) is 24.1. The van der Waals surface area contributed by atoms with Crippen LogP contribution < -0.4 is 0 Å². The molecular formula is C30H61IO2. The molecule has 0 N–H and O–H groups in total. The van der Waals surface area contributed by atoms with E-state index in [2.05, 4.69) is 71.1 Å². The molecule has 2 nitrogen and oxygen atoms in total. The summed E-state index contributed by atoms with van der Waals surface area (Å²) in [7, 11) is 0. The summed E-state index contributed by atoms with van der Waals surface area (Å²) in [6.45, 7) is 19.1. The number of ether oxygens (including phenoxy) is 2. The van der Waals surface area contributed by atoms with Crippen LogP contribution in [0.15, 0.2) is 0 Å². The molecule has 0 aliphatic carbocycles. The zero-order valence-electron chi connectivity index (χ0n) is 23.7. The molecule has 0 fully saturated rings. The average Bonchev–Trinajstić information content (AvgIpc) is 2.70. The summed E-state index contributed by atoms with van der Waals surface area (Å²) in [5.74, 6) is 4.21. The Labute approximate surface area is 223 Å². The van der Waals surface area contributed by atoms with Gasteiger partial charge >= 0.3 is 0 Å². The Kier molecular flexibility index (Phi) is 23.5. The maximum atomic E-state index is 5.69. The number of hydrogen-bond acceptors (Lipinski definition) is 2. The topological polar surface area (TPSA) is 18.5 Å². The Hall–Kier alpha value is 0.650.